The van der Waals surface area contributed by atoms with Gasteiger partial charge in [-0.2, -0.15) is 0 Å². The number of nitrogens with one attached hydrogen (secondary N) is 1. The number of pyridine rings is 1. The number of amides is 2. The third-order valence-corrected chi connectivity index (χ3v) is 4.29. The molecule has 1 saturated heterocycles. The first-order chi connectivity index (χ1) is 11.6. The molecule has 1 aliphatic heterocycles. The molecule has 3 rings (SSSR count). The topological polar surface area (TPSA) is 62.3 Å². The van der Waals surface area contributed by atoms with Gasteiger partial charge in [-0.15, -0.1) is 0 Å². The van der Waals surface area contributed by atoms with Gasteiger partial charge < -0.3 is 10.2 Å². The maximum absolute atomic E-state index is 12.6. The fourth-order valence-corrected chi connectivity index (χ4v) is 3.09. The molecule has 1 N–H and O–H groups in total. The minimum Gasteiger partial charge on any atom is -0.344 e. The number of aryl methyl sites for hydroxylation is 1. The van der Waals surface area contributed by atoms with Gasteiger partial charge in [0, 0.05) is 30.5 Å². The average Bonchev–Trinajstić information content (AvgIpc) is 2.88. The van der Waals surface area contributed by atoms with Crippen LogP contribution in [0.15, 0.2) is 54.9 Å². The van der Waals surface area contributed by atoms with Crippen LogP contribution in [0, 0.1) is 0 Å². The highest BCUT2D eigenvalue weighted by Crippen LogP contribution is 2.26. The van der Waals surface area contributed by atoms with E-state index in [1.807, 2.05) is 49.4 Å². The molecule has 24 heavy (non-hydrogen) atoms. The zero-order chi connectivity index (χ0) is 16.9. The minimum atomic E-state index is -0.443. The third kappa shape index (κ3) is 3.62. The van der Waals surface area contributed by atoms with Crippen molar-refractivity contribution in [3.8, 4) is 0 Å². The predicted octanol–water partition coefficient (Wildman–Crippen LogP) is 2.32. The Morgan fingerprint density at radius 3 is 2.75 bits per heavy atom. The molecule has 0 spiro atoms. The summed E-state index contributed by atoms with van der Waals surface area (Å²) >= 11 is 0. The average molecular weight is 323 g/mol. The fourth-order valence-electron chi connectivity index (χ4n) is 3.09. The summed E-state index contributed by atoms with van der Waals surface area (Å²) in [6, 6.07) is 13.0. The van der Waals surface area contributed by atoms with Crippen LogP contribution in [0.25, 0.3) is 0 Å². The van der Waals surface area contributed by atoms with Crippen molar-refractivity contribution in [2.75, 3.05) is 4.90 Å². The van der Waals surface area contributed by atoms with E-state index in [0.717, 1.165) is 11.3 Å². The number of carbonyl (C=O) groups excluding carboxylic acids is 2. The second kappa shape index (κ2) is 7.25. The van der Waals surface area contributed by atoms with E-state index in [-0.39, 0.29) is 17.9 Å². The number of hydrogen-bond donors (Lipinski definition) is 1. The lowest BCUT2D eigenvalue weighted by Crippen LogP contribution is -2.42. The summed E-state index contributed by atoms with van der Waals surface area (Å²) < 4.78 is 0. The van der Waals surface area contributed by atoms with Gasteiger partial charge in [0.2, 0.25) is 11.8 Å². The second-order valence-electron chi connectivity index (χ2n) is 6.11. The molecule has 0 unspecified atom stereocenters. The van der Waals surface area contributed by atoms with E-state index >= 15 is 0 Å². The Balaban J connectivity index is 1.58. The number of carbonyl (C=O) groups is 2. The summed E-state index contributed by atoms with van der Waals surface area (Å²) in [6.45, 7) is 2.01. The number of para-hydroxylation sites is 1. The standard InChI is InChI=1S/C19H21N3O2/c1-14-12-17(19(24)22(14)16-7-3-2-4-8-16)21-18(23)10-9-15-6-5-11-20-13-15/h2-8,11,13-14,17H,9-10,12H2,1H3,(H,21,23)/t14-,17-/m1/s1. The zero-order valence-electron chi connectivity index (χ0n) is 13.7. The summed E-state index contributed by atoms with van der Waals surface area (Å²) in [5.41, 5.74) is 1.90. The Kier molecular flexibility index (Phi) is 4.89. The highest BCUT2D eigenvalue weighted by Gasteiger charge is 2.38. The molecular formula is C19H21N3O2. The van der Waals surface area contributed by atoms with Crippen molar-refractivity contribution >= 4 is 17.5 Å². The minimum absolute atomic E-state index is 0.0385. The largest absolute Gasteiger partial charge is 0.344 e. The van der Waals surface area contributed by atoms with Gasteiger partial charge in [0.15, 0.2) is 0 Å². The molecule has 1 aromatic carbocycles. The first kappa shape index (κ1) is 16.2. The van der Waals surface area contributed by atoms with Gasteiger partial charge in [0.05, 0.1) is 0 Å². The molecule has 0 aliphatic carbocycles. The van der Waals surface area contributed by atoms with Crippen molar-refractivity contribution in [3.63, 3.8) is 0 Å². The molecule has 2 atom stereocenters. The molecule has 0 saturated carbocycles. The lowest BCUT2D eigenvalue weighted by Gasteiger charge is -2.21. The molecule has 1 fully saturated rings. The maximum atomic E-state index is 12.6. The molecule has 5 nitrogen and oxygen atoms in total. The van der Waals surface area contributed by atoms with Crippen LogP contribution in [-0.4, -0.2) is 28.9 Å². The van der Waals surface area contributed by atoms with Crippen LogP contribution in [0.3, 0.4) is 0 Å². The highest BCUT2D eigenvalue weighted by atomic mass is 16.2. The van der Waals surface area contributed by atoms with Crippen LogP contribution in [0.4, 0.5) is 5.69 Å². The van der Waals surface area contributed by atoms with E-state index in [2.05, 4.69) is 10.3 Å². The maximum Gasteiger partial charge on any atom is 0.249 e. The first-order valence-electron chi connectivity index (χ1n) is 8.21. The smallest absolute Gasteiger partial charge is 0.249 e. The summed E-state index contributed by atoms with van der Waals surface area (Å²) in [5.74, 6) is -0.136. The monoisotopic (exact) mass is 323 g/mol. The van der Waals surface area contributed by atoms with Crippen LogP contribution >= 0.6 is 0 Å². The van der Waals surface area contributed by atoms with Gasteiger partial charge in [-0.25, -0.2) is 0 Å². The van der Waals surface area contributed by atoms with E-state index < -0.39 is 6.04 Å². The Morgan fingerprint density at radius 1 is 1.25 bits per heavy atom. The Labute approximate surface area is 141 Å². The molecule has 0 radical (unpaired) electrons. The van der Waals surface area contributed by atoms with Crippen molar-refractivity contribution in [2.45, 2.75) is 38.3 Å². The molecule has 1 aliphatic rings. The van der Waals surface area contributed by atoms with Gasteiger partial charge in [-0.05, 0) is 43.5 Å². The van der Waals surface area contributed by atoms with Crippen LogP contribution in [0.1, 0.15) is 25.3 Å². The van der Waals surface area contributed by atoms with Gasteiger partial charge in [-0.3, -0.25) is 14.6 Å². The lowest BCUT2D eigenvalue weighted by atomic mass is 10.1. The molecular weight excluding hydrogens is 302 g/mol. The van der Waals surface area contributed by atoms with E-state index in [1.54, 1.807) is 17.3 Å². The molecule has 2 heterocycles. The highest BCUT2D eigenvalue weighted by molar-refractivity contribution is 6.02. The Bertz CT molecular complexity index is 703. The second-order valence-corrected chi connectivity index (χ2v) is 6.11. The summed E-state index contributed by atoms with van der Waals surface area (Å²) in [5, 5.41) is 2.88. The predicted molar refractivity (Wildman–Crippen MR) is 92.5 cm³/mol. The number of rotatable bonds is 5. The van der Waals surface area contributed by atoms with Gasteiger partial charge in [0.25, 0.3) is 0 Å². The van der Waals surface area contributed by atoms with Gasteiger partial charge in [-0.1, -0.05) is 24.3 Å². The van der Waals surface area contributed by atoms with Crippen molar-refractivity contribution in [2.24, 2.45) is 0 Å². The normalized spacial score (nSPS) is 20.2. The zero-order valence-corrected chi connectivity index (χ0v) is 13.7. The van der Waals surface area contributed by atoms with Crippen molar-refractivity contribution in [1.29, 1.82) is 0 Å². The van der Waals surface area contributed by atoms with Crippen LogP contribution < -0.4 is 10.2 Å². The molecule has 2 aromatic rings. The number of hydrogen-bond acceptors (Lipinski definition) is 3. The van der Waals surface area contributed by atoms with Crippen molar-refractivity contribution in [3.05, 3.63) is 60.4 Å². The van der Waals surface area contributed by atoms with Gasteiger partial charge >= 0.3 is 0 Å². The van der Waals surface area contributed by atoms with E-state index in [4.69, 9.17) is 0 Å². The van der Waals surface area contributed by atoms with E-state index in [0.29, 0.717) is 19.3 Å². The number of nitrogens with zero attached hydrogens (tertiary/aromatic N) is 2. The lowest BCUT2D eigenvalue weighted by molar-refractivity contribution is -0.126. The van der Waals surface area contributed by atoms with Crippen LogP contribution in [-0.2, 0) is 16.0 Å². The molecule has 124 valence electrons. The Hall–Kier alpha value is -2.69. The van der Waals surface area contributed by atoms with Crippen molar-refractivity contribution < 1.29 is 9.59 Å². The molecule has 0 bridgehead atoms. The van der Waals surface area contributed by atoms with E-state index in [1.165, 1.54) is 0 Å². The first-order valence-corrected chi connectivity index (χ1v) is 8.21. The van der Waals surface area contributed by atoms with Crippen molar-refractivity contribution in [1.82, 2.24) is 10.3 Å². The number of aromatic nitrogens is 1. The fraction of sp³-hybridized carbons (Fsp3) is 0.316. The SMILES string of the molecule is C[C@@H]1C[C@@H](NC(=O)CCc2cccnc2)C(=O)N1c1ccccc1. The summed E-state index contributed by atoms with van der Waals surface area (Å²) in [4.78, 5) is 30.6. The molecule has 1 aromatic heterocycles. The van der Waals surface area contributed by atoms with Crippen LogP contribution in [0.5, 0.6) is 0 Å². The molecule has 5 heteroatoms. The van der Waals surface area contributed by atoms with Crippen LogP contribution in [0.2, 0.25) is 0 Å². The number of benzene rings is 1. The molecule has 2 amide bonds. The third-order valence-electron chi connectivity index (χ3n) is 4.29. The number of anilines is 1. The summed E-state index contributed by atoms with van der Waals surface area (Å²) in [6.07, 6.45) is 5.08. The van der Waals surface area contributed by atoms with Gasteiger partial charge in [0.1, 0.15) is 6.04 Å². The Morgan fingerprint density at radius 2 is 2.04 bits per heavy atom. The van der Waals surface area contributed by atoms with E-state index in [9.17, 15) is 9.59 Å². The summed E-state index contributed by atoms with van der Waals surface area (Å²) in [7, 11) is 0. The quantitative estimate of drug-likeness (QED) is 0.918.